The molecule has 1 saturated carbocycles. The minimum atomic E-state index is 0.866. The minimum Gasteiger partial charge on any atom is -0.380 e. The molecule has 1 heterocycles. The quantitative estimate of drug-likeness (QED) is 0.621. The maximum Gasteiger partial charge on any atom is 0.0593 e. The van der Waals surface area contributed by atoms with E-state index in [4.69, 9.17) is 4.74 Å². The summed E-state index contributed by atoms with van der Waals surface area (Å²) in [6.07, 6.45) is 5.40. The summed E-state index contributed by atoms with van der Waals surface area (Å²) >= 11 is 0. The van der Waals surface area contributed by atoms with Crippen LogP contribution in [0.3, 0.4) is 0 Å². The monoisotopic (exact) mass is 240 g/mol. The Hall–Kier alpha value is -0.120. The van der Waals surface area contributed by atoms with Gasteiger partial charge >= 0.3 is 0 Å². The summed E-state index contributed by atoms with van der Waals surface area (Å²) in [6, 6.07) is 0. The zero-order valence-electron chi connectivity index (χ0n) is 11.3. The highest BCUT2D eigenvalue weighted by molar-refractivity contribution is 4.77. The summed E-state index contributed by atoms with van der Waals surface area (Å²) in [6.45, 7) is 10.2. The molecule has 1 atom stereocenters. The molecule has 1 N–H and O–H groups in total. The summed E-state index contributed by atoms with van der Waals surface area (Å²) in [5, 5.41) is 3.53. The highest BCUT2D eigenvalue weighted by atomic mass is 16.5. The molecule has 1 unspecified atom stereocenters. The lowest BCUT2D eigenvalue weighted by Gasteiger charge is -2.16. The molecule has 100 valence electrons. The van der Waals surface area contributed by atoms with Crippen molar-refractivity contribution in [3.63, 3.8) is 0 Å². The van der Waals surface area contributed by atoms with Gasteiger partial charge in [0, 0.05) is 19.7 Å². The van der Waals surface area contributed by atoms with Crippen LogP contribution in [0.5, 0.6) is 0 Å². The van der Waals surface area contributed by atoms with Gasteiger partial charge in [-0.15, -0.1) is 0 Å². The fraction of sp³-hybridized carbons (Fsp3) is 1.00. The van der Waals surface area contributed by atoms with Crippen LogP contribution in [0.2, 0.25) is 0 Å². The number of nitrogens with one attached hydrogen (secondary N) is 1. The summed E-state index contributed by atoms with van der Waals surface area (Å²) in [4.78, 5) is 2.56. The Kier molecular flexibility index (Phi) is 5.75. The van der Waals surface area contributed by atoms with E-state index in [0.29, 0.717) is 0 Å². The fourth-order valence-electron chi connectivity index (χ4n) is 2.49. The molecular formula is C14H28N2O. The van der Waals surface area contributed by atoms with Crippen molar-refractivity contribution in [3.8, 4) is 0 Å². The van der Waals surface area contributed by atoms with E-state index < -0.39 is 0 Å². The highest BCUT2D eigenvalue weighted by Gasteiger charge is 2.23. The molecule has 2 fully saturated rings. The second-order valence-electron chi connectivity index (χ2n) is 5.68. The standard InChI is InChI=1S/C14H28N2O/c1-2-6-15-10-14-5-7-16(11-14)8-9-17-12-13-3-4-13/h13-15H,2-12H2,1H3. The van der Waals surface area contributed by atoms with Crippen LogP contribution < -0.4 is 5.32 Å². The van der Waals surface area contributed by atoms with Crippen molar-refractivity contribution >= 4 is 0 Å². The van der Waals surface area contributed by atoms with Crippen LogP contribution in [0, 0.1) is 11.8 Å². The molecule has 0 radical (unpaired) electrons. The molecule has 1 aliphatic heterocycles. The number of hydrogen-bond acceptors (Lipinski definition) is 3. The predicted molar refractivity (Wildman–Crippen MR) is 71.3 cm³/mol. The Labute approximate surface area is 106 Å². The SMILES string of the molecule is CCCNCC1CCN(CCOCC2CC2)C1. The molecular weight excluding hydrogens is 212 g/mol. The Bertz CT molecular complexity index is 206. The molecule has 0 aromatic rings. The van der Waals surface area contributed by atoms with Crippen LogP contribution in [-0.4, -0.2) is 50.8 Å². The lowest BCUT2D eigenvalue weighted by molar-refractivity contribution is 0.102. The second-order valence-corrected chi connectivity index (χ2v) is 5.68. The van der Waals surface area contributed by atoms with Crippen molar-refractivity contribution in [2.24, 2.45) is 11.8 Å². The van der Waals surface area contributed by atoms with Crippen molar-refractivity contribution in [1.29, 1.82) is 0 Å². The molecule has 0 aromatic heterocycles. The van der Waals surface area contributed by atoms with Gasteiger partial charge in [0.2, 0.25) is 0 Å². The first-order chi connectivity index (χ1) is 8.38. The first-order valence-electron chi connectivity index (χ1n) is 7.39. The summed E-state index contributed by atoms with van der Waals surface area (Å²) in [7, 11) is 0. The molecule has 0 spiro atoms. The third-order valence-corrected chi connectivity index (χ3v) is 3.83. The first-order valence-corrected chi connectivity index (χ1v) is 7.39. The number of ether oxygens (including phenoxy) is 1. The Morgan fingerprint density at radius 2 is 2.12 bits per heavy atom. The smallest absolute Gasteiger partial charge is 0.0593 e. The fourth-order valence-corrected chi connectivity index (χ4v) is 2.49. The normalized spacial score (nSPS) is 25.6. The average Bonchev–Trinajstić information content (AvgIpc) is 3.05. The third kappa shape index (κ3) is 5.36. The molecule has 2 rings (SSSR count). The lowest BCUT2D eigenvalue weighted by Crippen LogP contribution is -2.29. The van der Waals surface area contributed by atoms with Crippen LogP contribution in [0.15, 0.2) is 0 Å². The zero-order chi connectivity index (χ0) is 11.9. The largest absolute Gasteiger partial charge is 0.380 e. The summed E-state index contributed by atoms with van der Waals surface area (Å²) in [5.74, 6) is 1.77. The number of hydrogen-bond donors (Lipinski definition) is 1. The van der Waals surface area contributed by atoms with E-state index in [1.54, 1.807) is 0 Å². The maximum atomic E-state index is 5.70. The van der Waals surface area contributed by atoms with E-state index in [9.17, 15) is 0 Å². The molecule has 1 saturated heterocycles. The van der Waals surface area contributed by atoms with Crippen LogP contribution in [0.4, 0.5) is 0 Å². The van der Waals surface area contributed by atoms with Gasteiger partial charge in [-0.1, -0.05) is 6.92 Å². The van der Waals surface area contributed by atoms with Crippen molar-refractivity contribution in [3.05, 3.63) is 0 Å². The van der Waals surface area contributed by atoms with Gasteiger partial charge in [-0.25, -0.2) is 0 Å². The maximum absolute atomic E-state index is 5.70. The van der Waals surface area contributed by atoms with Gasteiger partial charge in [0.15, 0.2) is 0 Å². The van der Waals surface area contributed by atoms with Gasteiger partial charge in [0.05, 0.1) is 6.61 Å². The van der Waals surface area contributed by atoms with E-state index in [1.165, 1.54) is 51.9 Å². The van der Waals surface area contributed by atoms with Gasteiger partial charge in [-0.3, -0.25) is 0 Å². The van der Waals surface area contributed by atoms with Gasteiger partial charge < -0.3 is 15.0 Å². The first kappa shape index (κ1) is 13.3. The van der Waals surface area contributed by atoms with Gasteiger partial charge in [0.25, 0.3) is 0 Å². The van der Waals surface area contributed by atoms with Crippen LogP contribution in [-0.2, 0) is 4.74 Å². The predicted octanol–water partition coefficient (Wildman–Crippen LogP) is 1.73. The van der Waals surface area contributed by atoms with E-state index >= 15 is 0 Å². The molecule has 1 aliphatic carbocycles. The third-order valence-electron chi connectivity index (χ3n) is 3.83. The number of likely N-dealkylation sites (tertiary alicyclic amines) is 1. The summed E-state index contributed by atoms with van der Waals surface area (Å²) < 4.78 is 5.70. The Morgan fingerprint density at radius 1 is 1.24 bits per heavy atom. The van der Waals surface area contributed by atoms with Crippen molar-refractivity contribution < 1.29 is 4.74 Å². The van der Waals surface area contributed by atoms with Gasteiger partial charge in [-0.2, -0.15) is 0 Å². The van der Waals surface area contributed by atoms with Crippen molar-refractivity contribution in [2.75, 3.05) is 45.9 Å². The van der Waals surface area contributed by atoms with Gasteiger partial charge in [-0.05, 0) is 57.2 Å². The van der Waals surface area contributed by atoms with E-state index in [-0.39, 0.29) is 0 Å². The Morgan fingerprint density at radius 3 is 2.88 bits per heavy atom. The number of nitrogens with zero attached hydrogens (tertiary/aromatic N) is 1. The number of rotatable bonds is 9. The molecule has 3 heteroatoms. The molecule has 2 aliphatic rings. The average molecular weight is 240 g/mol. The van der Waals surface area contributed by atoms with E-state index in [0.717, 1.165) is 31.6 Å². The Balaban J connectivity index is 1.45. The molecule has 0 amide bonds. The minimum absolute atomic E-state index is 0.866. The molecule has 3 nitrogen and oxygen atoms in total. The lowest BCUT2D eigenvalue weighted by atomic mass is 10.1. The van der Waals surface area contributed by atoms with E-state index in [2.05, 4.69) is 17.1 Å². The van der Waals surface area contributed by atoms with Crippen LogP contribution in [0.1, 0.15) is 32.6 Å². The zero-order valence-corrected chi connectivity index (χ0v) is 11.3. The second kappa shape index (κ2) is 7.34. The van der Waals surface area contributed by atoms with Crippen molar-refractivity contribution in [2.45, 2.75) is 32.6 Å². The molecule has 0 aromatic carbocycles. The van der Waals surface area contributed by atoms with E-state index in [1.807, 2.05) is 0 Å². The van der Waals surface area contributed by atoms with Gasteiger partial charge in [0.1, 0.15) is 0 Å². The van der Waals surface area contributed by atoms with Crippen LogP contribution >= 0.6 is 0 Å². The molecule has 17 heavy (non-hydrogen) atoms. The highest BCUT2D eigenvalue weighted by Crippen LogP contribution is 2.28. The van der Waals surface area contributed by atoms with Crippen LogP contribution in [0.25, 0.3) is 0 Å². The molecule has 0 bridgehead atoms. The van der Waals surface area contributed by atoms with Crippen molar-refractivity contribution in [1.82, 2.24) is 10.2 Å². The topological polar surface area (TPSA) is 24.5 Å². The summed E-state index contributed by atoms with van der Waals surface area (Å²) in [5.41, 5.74) is 0.